The number of ether oxygens (including phenoxy) is 1. The van der Waals surface area contributed by atoms with Gasteiger partial charge in [-0.25, -0.2) is 0 Å². The van der Waals surface area contributed by atoms with E-state index in [1.54, 1.807) is 24.5 Å². The number of carbonyl (C=O) groups excluding carboxylic acids is 1. The minimum absolute atomic E-state index is 0.00784. The minimum atomic E-state index is -0.00784. The van der Waals surface area contributed by atoms with E-state index in [-0.39, 0.29) is 5.91 Å². The lowest BCUT2D eigenvalue weighted by Gasteiger charge is -2.31. The highest BCUT2D eigenvalue weighted by Gasteiger charge is 2.28. The molecule has 0 spiro atoms. The highest BCUT2D eigenvalue weighted by atomic mass is 35.5. The summed E-state index contributed by atoms with van der Waals surface area (Å²) in [5.74, 6) is 1.87. The highest BCUT2D eigenvalue weighted by Crippen LogP contribution is 2.29. The molecule has 0 saturated carbocycles. The number of carbonyl (C=O) groups is 1. The number of benzene rings is 1. The van der Waals surface area contributed by atoms with E-state index in [2.05, 4.69) is 10.2 Å². The molecule has 1 aromatic carbocycles. The third-order valence-corrected chi connectivity index (χ3v) is 4.60. The number of hydrogen-bond donors (Lipinski definition) is 0. The lowest BCUT2D eigenvalue weighted by atomic mass is 9.95. The average Bonchev–Trinajstić information content (AvgIpc) is 3.01. The van der Waals surface area contributed by atoms with Gasteiger partial charge in [0.1, 0.15) is 17.9 Å². The predicted molar refractivity (Wildman–Crippen MR) is 91.5 cm³/mol. The second-order valence-corrected chi connectivity index (χ2v) is 6.38. The Labute approximate surface area is 146 Å². The van der Waals surface area contributed by atoms with Crippen LogP contribution in [0, 0.1) is 0 Å². The first kappa shape index (κ1) is 16.8. The Morgan fingerprint density at radius 2 is 2.12 bits per heavy atom. The molecule has 0 N–H and O–H groups in total. The van der Waals surface area contributed by atoms with Crippen LogP contribution in [0.15, 0.2) is 24.5 Å². The molecule has 1 aliphatic heterocycles. The number of halogens is 1. The van der Waals surface area contributed by atoms with Crippen molar-refractivity contribution in [2.75, 3.05) is 19.7 Å². The summed E-state index contributed by atoms with van der Waals surface area (Å²) in [6, 6.07) is 5.17. The molecule has 2 aromatic rings. The Hall–Kier alpha value is -2.08. The van der Waals surface area contributed by atoms with E-state index >= 15 is 0 Å². The lowest BCUT2D eigenvalue weighted by molar-refractivity contribution is 0.0706. The first-order valence-electron chi connectivity index (χ1n) is 8.15. The molecule has 7 heteroatoms. The molecule has 6 nitrogen and oxygen atoms in total. The molecule has 0 radical (unpaired) electrons. The van der Waals surface area contributed by atoms with Gasteiger partial charge in [-0.1, -0.05) is 11.6 Å². The van der Waals surface area contributed by atoms with Crippen LogP contribution in [0.1, 0.15) is 41.9 Å². The number of likely N-dealkylation sites (tertiary alicyclic amines) is 1. The van der Waals surface area contributed by atoms with Gasteiger partial charge in [-0.2, -0.15) is 0 Å². The van der Waals surface area contributed by atoms with E-state index in [0.29, 0.717) is 41.9 Å². The van der Waals surface area contributed by atoms with E-state index in [4.69, 9.17) is 16.3 Å². The Kier molecular flexibility index (Phi) is 5.04. The van der Waals surface area contributed by atoms with Crippen LogP contribution in [-0.4, -0.2) is 45.3 Å². The summed E-state index contributed by atoms with van der Waals surface area (Å²) in [4.78, 5) is 14.7. The topological polar surface area (TPSA) is 60.2 Å². The number of amides is 1. The monoisotopic (exact) mass is 348 g/mol. The second-order valence-electron chi connectivity index (χ2n) is 5.94. The largest absolute Gasteiger partial charge is 0.493 e. The fourth-order valence-corrected chi connectivity index (χ4v) is 3.28. The molecule has 3 rings (SSSR count). The van der Waals surface area contributed by atoms with Crippen molar-refractivity contribution in [2.24, 2.45) is 7.05 Å². The molecular weight excluding hydrogens is 328 g/mol. The van der Waals surface area contributed by atoms with E-state index in [9.17, 15) is 4.79 Å². The van der Waals surface area contributed by atoms with Crippen molar-refractivity contribution < 1.29 is 9.53 Å². The fraction of sp³-hybridized carbons (Fsp3) is 0.471. The summed E-state index contributed by atoms with van der Waals surface area (Å²) in [7, 11) is 1.95. The Bertz CT molecular complexity index is 723. The van der Waals surface area contributed by atoms with Gasteiger partial charge >= 0.3 is 0 Å². The number of hydrogen-bond acceptors (Lipinski definition) is 4. The summed E-state index contributed by atoms with van der Waals surface area (Å²) in [6.07, 6.45) is 3.49. The van der Waals surface area contributed by atoms with Gasteiger partial charge in [0.25, 0.3) is 5.91 Å². The standard InChI is InChI=1S/C17H21ClN4O2/c1-3-24-15-10-13(18)4-5-14(15)17(23)22-8-6-12(7-9-22)16-20-19-11-21(16)2/h4-5,10-12H,3,6-9H2,1-2H3. The summed E-state index contributed by atoms with van der Waals surface area (Å²) in [5, 5.41) is 8.70. The predicted octanol–water partition coefficient (Wildman–Crippen LogP) is 2.89. The molecule has 0 unspecified atom stereocenters. The molecule has 0 atom stereocenters. The van der Waals surface area contributed by atoms with Crippen LogP contribution in [0.25, 0.3) is 0 Å². The normalized spacial score (nSPS) is 15.5. The summed E-state index contributed by atoms with van der Waals surface area (Å²) in [5.41, 5.74) is 0.568. The number of nitrogens with zero attached hydrogens (tertiary/aromatic N) is 4. The van der Waals surface area contributed by atoms with Crippen LogP contribution in [0.3, 0.4) is 0 Å². The average molecular weight is 349 g/mol. The molecule has 0 aliphatic carbocycles. The maximum Gasteiger partial charge on any atom is 0.257 e. The zero-order chi connectivity index (χ0) is 17.1. The quantitative estimate of drug-likeness (QED) is 0.852. The van der Waals surface area contributed by atoms with Gasteiger partial charge in [-0.15, -0.1) is 10.2 Å². The molecule has 1 aliphatic rings. The molecular formula is C17H21ClN4O2. The summed E-state index contributed by atoms with van der Waals surface area (Å²) >= 11 is 6.01. The van der Waals surface area contributed by atoms with Crippen LogP contribution in [-0.2, 0) is 7.05 Å². The van der Waals surface area contributed by atoms with Gasteiger partial charge in [-0.05, 0) is 38.0 Å². The van der Waals surface area contributed by atoms with Gasteiger partial charge in [-0.3, -0.25) is 4.79 Å². The molecule has 1 saturated heterocycles. The Morgan fingerprint density at radius 1 is 1.38 bits per heavy atom. The molecule has 1 amide bonds. The third-order valence-electron chi connectivity index (χ3n) is 4.37. The summed E-state index contributed by atoms with van der Waals surface area (Å²) in [6.45, 7) is 3.78. The van der Waals surface area contributed by atoms with Gasteiger partial charge < -0.3 is 14.2 Å². The smallest absolute Gasteiger partial charge is 0.257 e. The van der Waals surface area contributed by atoms with Crippen LogP contribution < -0.4 is 4.74 Å². The van der Waals surface area contributed by atoms with Crippen molar-refractivity contribution >= 4 is 17.5 Å². The van der Waals surface area contributed by atoms with Gasteiger partial charge in [0.2, 0.25) is 0 Å². The van der Waals surface area contributed by atoms with Crippen LogP contribution in [0.5, 0.6) is 5.75 Å². The van der Waals surface area contributed by atoms with Gasteiger partial charge in [0, 0.05) is 31.1 Å². The SMILES string of the molecule is CCOc1cc(Cl)ccc1C(=O)N1CCC(c2nncn2C)CC1. The second kappa shape index (κ2) is 7.21. The Morgan fingerprint density at radius 3 is 2.75 bits per heavy atom. The van der Waals surface area contributed by atoms with E-state index in [1.165, 1.54) is 0 Å². The number of aromatic nitrogens is 3. The third kappa shape index (κ3) is 3.38. The van der Waals surface area contributed by atoms with Crippen molar-refractivity contribution in [3.8, 4) is 5.75 Å². The molecule has 1 aromatic heterocycles. The van der Waals surface area contributed by atoms with Crippen molar-refractivity contribution in [3.05, 3.63) is 40.9 Å². The minimum Gasteiger partial charge on any atom is -0.493 e. The lowest BCUT2D eigenvalue weighted by Crippen LogP contribution is -2.38. The van der Waals surface area contributed by atoms with Gasteiger partial charge in [0.15, 0.2) is 0 Å². The summed E-state index contributed by atoms with van der Waals surface area (Å²) < 4.78 is 7.52. The first-order valence-corrected chi connectivity index (χ1v) is 8.53. The van der Waals surface area contributed by atoms with Crippen LogP contribution >= 0.6 is 11.6 Å². The van der Waals surface area contributed by atoms with Gasteiger partial charge in [0.05, 0.1) is 12.2 Å². The first-order chi connectivity index (χ1) is 11.6. The van der Waals surface area contributed by atoms with Crippen LogP contribution in [0.2, 0.25) is 5.02 Å². The molecule has 24 heavy (non-hydrogen) atoms. The fourth-order valence-electron chi connectivity index (χ4n) is 3.12. The number of piperidine rings is 1. The highest BCUT2D eigenvalue weighted by molar-refractivity contribution is 6.30. The maximum atomic E-state index is 12.8. The number of aryl methyl sites for hydroxylation is 1. The zero-order valence-corrected chi connectivity index (χ0v) is 14.7. The van der Waals surface area contributed by atoms with E-state index in [0.717, 1.165) is 18.7 Å². The number of rotatable bonds is 4. The Balaban J connectivity index is 1.70. The maximum absolute atomic E-state index is 12.8. The van der Waals surface area contributed by atoms with Crippen molar-refractivity contribution in [1.29, 1.82) is 0 Å². The molecule has 128 valence electrons. The van der Waals surface area contributed by atoms with Crippen molar-refractivity contribution in [2.45, 2.75) is 25.7 Å². The van der Waals surface area contributed by atoms with Crippen molar-refractivity contribution in [3.63, 3.8) is 0 Å². The zero-order valence-electron chi connectivity index (χ0n) is 13.9. The van der Waals surface area contributed by atoms with E-state index in [1.807, 2.05) is 23.4 Å². The molecule has 1 fully saturated rings. The van der Waals surface area contributed by atoms with E-state index < -0.39 is 0 Å². The molecule has 0 bridgehead atoms. The van der Waals surface area contributed by atoms with Crippen molar-refractivity contribution in [1.82, 2.24) is 19.7 Å². The molecule has 2 heterocycles. The van der Waals surface area contributed by atoms with Crippen LogP contribution in [0.4, 0.5) is 0 Å².